The van der Waals surface area contributed by atoms with Gasteiger partial charge in [-0.2, -0.15) is 0 Å². The molecule has 0 aromatic heterocycles. The van der Waals surface area contributed by atoms with Gasteiger partial charge in [-0.1, -0.05) is 41.9 Å². The van der Waals surface area contributed by atoms with Crippen LogP contribution in [0.4, 0.5) is 0 Å². The van der Waals surface area contributed by atoms with Crippen LogP contribution in [0.15, 0.2) is 69.5 Å². The number of esters is 1. The van der Waals surface area contributed by atoms with E-state index in [1.807, 2.05) is 49.4 Å². The quantitative estimate of drug-likeness (QED) is 0.466. The molecule has 0 radical (unpaired) electrons. The normalized spacial score (nSPS) is 19.1. The van der Waals surface area contributed by atoms with E-state index in [0.717, 1.165) is 33.5 Å². The van der Waals surface area contributed by atoms with Crippen LogP contribution in [0, 0.1) is 5.41 Å². The highest BCUT2D eigenvalue weighted by Crippen LogP contribution is 2.47. The second-order valence-electron chi connectivity index (χ2n) is 9.74. The zero-order chi connectivity index (χ0) is 25.3. The number of hydrogen-bond donors (Lipinski definition) is 1. The van der Waals surface area contributed by atoms with E-state index in [4.69, 9.17) is 14.2 Å². The Balaban J connectivity index is 1.79. The maximum Gasteiger partial charge on any atom is 0.336 e. The number of carbonyl (C=O) groups is 2. The van der Waals surface area contributed by atoms with E-state index in [2.05, 4.69) is 35.1 Å². The Hall–Kier alpha value is -3.06. The third-order valence-electron chi connectivity index (χ3n) is 6.47. The van der Waals surface area contributed by atoms with Gasteiger partial charge in [0.2, 0.25) is 0 Å². The molecule has 0 bridgehead atoms. The smallest absolute Gasteiger partial charge is 0.336 e. The van der Waals surface area contributed by atoms with E-state index >= 15 is 0 Å². The zero-order valence-corrected chi connectivity index (χ0v) is 22.2. The number of benzene rings is 2. The molecule has 0 amide bonds. The lowest BCUT2D eigenvalue weighted by molar-refractivity contribution is -0.136. The highest BCUT2D eigenvalue weighted by molar-refractivity contribution is 9.10. The lowest BCUT2D eigenvalue weighted by atomic mass is 9.68. The van der Waals surface area contributed by atoms with Crippen LogP contribution in [-0.4, -0.2) is 26.0 Å². The van der Waals surface area contributed by atoms with Crippen LogP contribution in [0.1, 0.15) is 50.7 Å². The Morgan fingerprint density at radius 1 is 1.14 bits per heavy atom. The average molecular weight is 540 g/mol. The summed E-state index contributed by atoms with van der Waals surface area (Å²) in [5, 5.41) is 3.34. The van der Waals surface area contributed by atoms with Crippen molar-refractivity contribution in [3.63, 3.8) is 0 Å². The molecule has 184 valence electrons. The second kappa shape index (κ2) is 9.90. The lowest BCUT2D eigenvalue weighted by Crippen LogP contribution is -2.38. The summed E-state index contributed by atoms with van der Waals surface area (Å²) >= 11 is 3.46. The van der Waals surface area contributed by atoms with Gasteiger partial charge in [-0.25, -0.2) is 4.79 Å². The second-order valence-corrected chi connectivity index (χ2v) is 10.7. The Labute approximate surface area is 214 Å². The number of Topliss-reactive ketones (excluding diaryl/α,β-unsaturated/α-hetero) is 1. The van der Waals surface area contributed by atoms with Crippen molar-refractivity contribution < 1.29 is 23.8 Å². The molecule has 2 aromatic carbocycles. The van der Waals surface area contributed by atoms with Gasteiger partial charge in [-0.15, -0.1) is 0 Å². The number of methoxy groups -OCH3 is 2. The van der Waals surface area contributed by atoms with Crippen LogP contribution in [0.5, 0.6) is 11.5 Å². The van der Waals surface area contributed by atoms with E-state index in [1.165, 1.54) is 7.11 Å². The Morgan fingerprint density at radius 3 is 2.60 bits per heavy atom. The number of ketones is 1. The van der Waals surface area contributed by atoms with Gasteiger partial charge in [0, 0.05) is 39.3 Å². The molecule has 6 nitrogen and oxygen atoms in total. The van der Waals surface area contributed by atoms with Crippen LogP contribution >= 0.6 is 15.9 Å². The molecular formula is C28H30BrNO5. The van der Waals surface area contributed by atoms with Crippen LogP contribution in [0.25, 0.3) is 0 Å². The van der Waals surface area contributed by atoms with Crippen LogP contribution in [0.3, 0.4) is 0 Å². The maximum absolute atomic E-state index is 13.4. The summed E-state index contributed by atoms with van der Waals surface area (Å²) in [6, 6.07) is 13.3. The van der Waals surface area contributed by atoms with Crippen molar-refractivity contribution in [2.24, 2.45) is 5.41 Å². The summed E-state index contributed by atoms with van der Waals surface area (Å²) in [6.07, 6.45) is 1.15. The zero-order valence-electron chi connectivity index (χ0n) is 20.7. The summed E-state index contributed by atoms with van der Waals surface area (Å²) in [5.74, 6) is 0.452. The molecule has 1 heterocycles. The number of ether oxygens (including phenoxy) is 3. The molecule has 0 fully saturated rings. The predicted octanol–water partition coefficient (Wildman–Crippen LogP) is 5.81. The number of carbonyl (C=O) groups excluding carboxylic acids is 2. The highest BCUT2D eigenvalue weighted by Gasteiger charge is 2.43. The van der Waals surface area contributed by atoms with Gasteiger partial charge < -0.3 is 19.5 Å². The first-order valence-corrected chi connectivity index (χ1v) is 12.3. The fraction of sp³-hybridized carbons (Fsp3) is 0.357. The van der Waals surface area contributed by atoms with Crippen LogP contribution in [0.2, 0.25) is 0 Å². The molecule has 35 heavy (non-hydrogen) atoms. The molecule has 0 spiro atoms. The summed E-state index contributed by atoms with van der Waals surface area (Å²) < 4.78 is 17.7. The van der Waals surface area contributed by atoms with Crippen molar-refractivity contribution in [3.8, 4) is 11.5 Å². The standard InChI is InChI=1S/C28H30BrNO5/c1-16-24(27(32)34-5)25(26-21(30-16)13-28(2,3)14-22(26)31)17-9-10-23(33-4)18(11-17)15-35-20-8-6-7-19(29)12-20/h6-12,25,30H,13-15H2,1-5H3. The largest absolute Gasteiger partial charge is 0.496 e. The monoisotopic (exact) mass is 539 g/mol. The minimum Gasteiger partial charge on any atom is -0.496 e. The number of dihydropyridines is 1. The minimum atomic E-state index is -0.530. The minimum absolute atomic E-state index is 0.0467. The van der Waals surface area contributed by atoms with Gasteiger partial charge in [-0.3, -0.25) is 4.79 Å². The third kappa shape index (κ3) is 5.15. The van der Waals surface area contributed by atoms with Crippen LogP contribution in [-0.2, 0) is 20.9 Å². The van der Waals surface area contributed by atoms with Gasteiger partial charge in [0.25, 0.3) is 0 Å². The van der Waals surface area contributed by atoms with E-state index < -0.39 is 11.9 Å². The van der Waals surface area contributed by atoms with E-state index in [1.54, 1.807) is 7.11 Å². The highest BCUT2D eigenvalue weighted by atomic mass is 79.9. The Bertz CT molecular complexity index is 1240. The number of hydrogen-bond acceptors (Lipinski definition) is 6. The molecule has 1 atom stereocenters. The van der Waals surface area contributed by atoms with Crippen molar-refractivity contribution >= 4 is 27.7 Å². The van der Waals surface area contributed by atoms with Crippen molar-refractivity contribution in [2.45, 2.75) is 46.1 Å². The molecule has 1 aliphatic heterocycles. The van der Waals surface area contributed by atoms with Crippen molar-refractivity contribution in [1.82, 2.24) is 5.32 Å². The summed E-state index contributed by atoms with van der Waals surface area (Å²) in [6.45, 7) is 6.30. The molecule has 2 aliphatic rings. The first kappa shape index (κ1) is 25.0. The summed E-state index contributed by atoms with van der Waals surface area (Å²) in [4.78, 5) is 26.3. The molecule has 0 saturated heterocycles. The van der Waals surface area contributed by atoms with Gasteiger partial charge >= 0.3 is 5.97 Å². The van der Waals surface area contributed by atoms with E-state index in [0.29, 0.717) is 29.0 Å². The van der Waals surface area contributed by atoms with Crippen LogP contribution < -0.4 is 14.8 Å². The molecule has 1 N–H and O–H groups in total. The Kier molecular flexibility index (Phi) is 7.08. The number of nitrogens with one attached hydrogen (secondary N) is 1. The molecular weight excluding hydrogens is 510 g/mol. The fourth-order valence-corrected chi connectivity index (χ4v) is 5.34. The van der Waals surface area contributed by atoms with Crippen molar-refractivity contribution in [3.05, 3.63) is 80.6 Å². The summed E-state index contributed by atoms with van der Waals surface area (Å²) in [5.41, 5.74) is 4.15. The van der Waals surface area contributed by atoms with Gasteiger partial charge in [0.1, 0.15) is 18.1 Å². The third-order valence-corrected chi connectivity index (χ3v) is 6.97. The fourth-order valence-electron chi connectivity index (χ4n) is 4.96. The maximum atomic E-state index is 13.4. The van der Waals surface area contributed by atoms with Crippen molar-refractivity contribution in [1.29, 1.82) is 0 Å². The van der Waals surface area contributed by atoms with E-state index in [-0.39, 0.29) is 17.8 Å². The number of rotatable bonds is 6. The molecule has 1 aliphatic carbocycles. The first-order chi connectivity index (χ1) is 16.6. The molecule has 4 rings (SSSR count). The first-order valence-electron chi connectivity index (χ1n) is 11.5. The summed E-state index contributed by atoms with van der Waals surface area (Å²) in [7, 11) is 2.97. The SMILES string of the molecule is COC(=O)C1=C(C)NC2=C(C(=O)CC(C)(C)C2)C1c1ccc(OC)c(COc2cccc(Br)c2)c1. The number of allylic oxidation sites excluding steroid dienone is 3. The van der Waals surface area contributed by atoms with Gasteiger partial charge in [0.15, 0.2) is 5.78 Å². The topological polar surface area (TPSA) is 73.9 Å². The predicted molar refractivity (Wildman–Crippen MR) is 137 cm³/mol. The van der Waals surface area contributed by atoms with Crippen molar-refractivity contribution in [2.75, 3.05) is 14.2 Å². The average Bonchev–Trinajstić information content (AvgIpc) is 2.80. The molecule has 7 heteroatoms. The number of halogens is 1. The lowest BCUT2D eigenvalue weighted by Gasteiger charge is -2.39. The molecule has 2 aromatic rings. The molecule has 1 unspecified atom stereocenters. The van der Waals surface area contributed by atoms with Gasteiger partial charge in [0.05, 0.1) is 19.8 Å². The van der Waals surface area contributed by atoms with E-state index in [9.17, 15) is 9.59 Å². The molecule has 0 saturated carbocycles. The van der Waals surface area contributed by atoms with Gasteiger partial charge in [-0.05, 0) is 54.7 Å². The Morgan fingerprint density at radius 2 is 1.91 bits per heavy atom.